The number of benzene rings is 1. The van der Waals surface area contributed by atoms with Crippen LogP contribution in [0, 0.1) is 0 Å². The summed E-state index contributed by atoms with van der Waals surface area (Å²) in [4.78, 5) is 2.60. The van der Waals surface area contributed by atoms with E-state index in [1.165, 1.54) is 43.5 Å². The molecule has 2 aliphatic rings. The lowest BCUT2D eigenvalue weighted by Crippen LogP contribution is -2.68. The molecule has 20 heavy (non-hydrogen) atoms. The van der Waals surface area contributed by atoms with Gasteiger partial charge in [0.05, 0.1) is 0 Å². The van der Waals surface area contributed by atoms with Gasteiger partial charge >= 0.3 is 0 Å². The standard InChI is InChI=1S/C18H28N2/c1-4-15-7-9-16(10-8-15)20-13-17(2,3)19-18(14-20)11-5-6-12-18/h7-10,19H,4-6,11-14H2,1-3H3. The Labute approximate surface area is 123 Å². The summed E-state index contributed by atoms with van der Waals surface area (Å²) in [5.74, 6) is 0. The van der Waals surface area contributed by atoms with Crippen LogP contribution in [0.1, 0.15) is 52.0 Å². The van der Waals surface area contributed by atoms with Gasteiger partial charge in [0, 0.05) is 29.9 Å². The molecule has 1 aliphatic heterocycles. The van der Waals surface area contributed by atoms with E-state index >= 15 is 0 Å². The van der Waals surface area contributed by atoms with Gasteiger partial charge in [-0.1, -0.05) is 31.9 Å². The second kappa shape index (κ2) is 5.07. The average Bonchev–Trinajstić information content (AvgIpc) is 2.84. The summed E-state index contributed by atoms with van der Waals surface area (Å²) in [6, 6.07) is 9.18. The molecule has 1 aliphatic carbocycles. The number of rotatable bonds is 2. The predicted octanol–water partition coefficient (Wildman–Crippen LogP) is 3.75. The molecule has 2 heteroatoms. The molecule has 0 aromatic heterocycles. The zero-order chi connectivity index (χ0) is 14.2. The third-order valence-electron chi connectivity index (χ3n) is 4.95. The van der Waals surface area contributed by atoms with Gasteiger partial charge in [-0.05, 0) is 50.8 Å². The van der Waals surface area contributed by atoms with E-state index in [2.05, 4.69) is 55.3 Å². The van der Waals surface area contributed by atoms with Crippen molar-refractivity contribution in [3.8, 4) is 0 Å². The summed E-state index contributed by atoms with van der Waals surface area (Å²) < 4.78 is 0. The Morgan fingerprint density at radius 2 is 1.70 bits per heavy atom. The Morgan fingerprint density at radius 1 is 1.05 bits per heavy atom. The highest BCUT2D eigenvalue weighted by atomic mass is 15.3. The molecule has 0 amide bonds. The van der Waals surface area contributed by atoms with Crippen molar-refractivity contribution < 1.29 is 0 Å². The van der Waals surface area contributed by atoms with Crippen LogP contribution in [0.2, 0.25) is 0 Å². The minimum absolute atomic E-state index is 0.200. The van der Waals surface area contributed by atoms with E-state index in [1.54, 1.807) is 0 Å². The first-order valence-electron chi connectivity index (χ1n) is 8.15. The van der Waals surface area contributed by atoms with Crippen molar-refractivity contribution in [3.05, 3.63) is 29.8 Å². The van der Waals surface area contributed by atoms with Crippen LogP contribution in [0.5, 0.6) is 0 Å². The zero-order valence-corrected chi connectivity index (χ0v) is 13.2. The van der Waals surface area contributed by atoms with E-state index in [-0.39, 0.29) is 5.54 Å². The first-order valence-corrected chi connectivity index (χ1v) is 8.15. The molecule has 1 aromatic carbocycles. The van der Waals surface area contributed by atoms with E-state index in [0.717, 1.165) is 13.0 Å². The molecule has 1 saturated carbocycles. The summed E-state index contributed by atoms with van der Waals surface area (Å²) in [5.41, 5.74) is 3.37. The molecule has 2 nitrogen and oxygen atoms in total. The van der Waals surface area contributed by atoms with Gasteiger partial charge in [-0.2, -0.15) is 0 Å². The first kappa shape index (κ1) is 13.9. The summed E-state index contributed by atoms with van der Waals surface area (Å²) in [7, 11) is 0. The highest BCUT2D eigenvalue weighted by molar-refractivity contribution is 5.49. The number of anilines is 1. The quantitative estimate of drug-likeness (QED) is 0.882. The molecule has 1 saturated heterocycles. The average molecular weight is 272 g/mol. The van der Waals surface area contributed by atoms with Gasteiger partial charge in [0.2, 0.25) is 0 Å². The highest BCUT2D eigenvalue weighted by Gasteiger charge is 2.44. The fraction of sp³-hybridized carbons (Fsp3) is 0.667. The number of hydrogen-bond acceptors (Lipinski definition) is 2. The summed E-state index contributed by atoms with van der Waals surface area (Å²) in [6.45, 7) is 9.18. The van der Waals surface area contributed by atoms with Crippen LogP contribution in [0.15, 0.2) is 24.3 Å². The van der Waals surface area contributed by atoms with Gasteiger partial charge in [-0.3, -0.25) is 0 Å². The van der Waals surface area contributed by atoms with Gasteiger partial charge in [0.25, 0.3) is 0 Å². The third kappa shape index (κ3) is 2.71. The fourth-order valence-electron chi connectivity index (χ4n) is 4.16. The van der Waals surface area contributed by atoms with Gasteiger partial charge in [-0.15, -0.1) is 0 Å². The third-order valence-corrected chi connectivity index (χ3v) is 4.95. The van der Waals surface area contributed by atoms with Crippen molar-refractivity contribution in [2.75, 3.05) is 18.0 Å². The molecule has 0 unspecified atom stereocenters. The van der Waals surface area contributed by atoms with E-state index in [0.29, 0.717) is 5.54 Å². The summed E-state index contributed by atoms with van der Waals surface area (Å²) in [5, 5.41) is 3.95. The fourth-order valence-corrected chi connectivity index (χ4v) is 4.16. The lowest BCUT2D eigenvalue weighted by atomic mass is 9.87. The number of piperazine rings is 1. The largest absolute Gasteiger partial charge is 0.368 e. The number of nitrogens with one attached hydrogen (secondary N) is 1. The Hall–Kier alpha value is -1.02. The minimum Gasteiger partial charge on any atom is -0.368 e. The van der Waals surface area contributed by atoms with Gasteiger partial charge in [0.1, 0.15) is 0 Å². The maximum absolute atomic E-state index is 3.95. The van der Waals surface area contributed by atoms with Crippen molar-refractivity contribution in [1.82, 2.24) is 5.32 Å². The Morgan fingerprint density at radius 3 is 2.30 bits per heavy atom. The maximum atomic E-state index is 3.95. The molecule has 3 rings (SSSR count). The van der Waals surface area contributed by atoms with Crippen molar-refractivity contribution >= 4 is 5.69 Å². The van der Waals surface area contributed by atoms with Crippen LogP contribution < -0.4 is 10.2 Å². The summed E-state index contributed by atoms with van der Waals surface area (Å²) >= 11 is 0. The molecule has 110 valence electrons. The molecule has 1 spiro atoms. The van der Waals surface area contributed by atoms with Crippen LogP contribution in [-0.2, 0) is 6.42 Å². The van der Waals surface area contributed by atoms with E-state index in [1.807, 2.05) is 0 Å². The van der Waals surface area contributed by atoms with Crippen molar-refractivity contribution in [2.24, 2.45) is 0 Å². The Bertz CT molecular complexity index is 455. The molecule has 0 radical (unpaired) electrons. The second-order valence-electron chi connectivity index (χ2n) is 7.37. The van der Waals surface area contributed by atoms with Crippen molar-refractivity contribution in [3.63, 3.8) is 0 Å². The van der Waals surface area contributed by atoms with E-state index < -0.39 is 0 Å². The van der Waals surface area contributed by atoms with Crippen LogP contribution in [0.3, 0.4) is 0 Å². The van der Waals surface area contributed by atoms with Crippen LogP contribution in [0.25, 0.3) is 0 Å². The number of aryl methyl sites for hydroxylation is 1. The van der Waals surface area contributed by atoms with Gasteiger partial charge < -0.3 is 10.2 Å². The Balaban J connectivity index is 1.84. The lowest BCUT2D eigenvalue weighted by molar-refractivity contribution is 0.197. The summed E-state index contributed by atoms with van der Waals surface area (Å²) in [6.07, 6.45) is 6.55. The Kier molecular flexibility index (Phi) is 3.53. The monoisotopic (exact) mass is 272 g/mol. The van der Waals surface area contributed by atoms with Gasteiger partial charge in [-0.25, -0.2) is 0 Å². The molecule has 1 aromatic rings. The number of hydrogen-bond donors (Lipinski definition) is 1. The molecule has 0 atom stereocenters. The predicted molar refractivity (Wildman–Crippen MR) is 86.4 cm³/mol. The van der Waals surface area contributed by atoms with Crippen LogP contribution in [-0.4, -0.2) is 24.2 Å². The molecule has 1 N–H and O–H groups in total. The van der Waals surface area contributed by atoms with Crippen molar-refractivity contribution in [2.45, 2.75) is 64.0 Å². The normalized spacial score (nSPS) is 24.2. The molecule has 2 fully saturated rings. The highest BCUT2D eigenvalue weighted by Crippen LogP contribution is 2.37. The topological polar surface area (TPSA) is 15.3 Å². The van der Waals surface area contributed by atoms with Crippen LogP contribution in [0.4, 0.5) is 5.69 Å². The lowest BCUT2D eigenvalue weighted by Gasteiger charge is -2.51. The van der Waals surface area contributed by atoms with E-state index in [9.17, 15) is 0 Å². The van der Waals surface area contributed by atoms with Crippen LogP contribution >= 0.6 is 0 Å². The molecule has 0 bridgehead atoms. The van der Waals surface area contributed by atoms with Gasteiger partial charge in [0.15, 0.2) is 0 Å². The van der Waals surface area contributed by atoms with E-state index in [4.69, 9.17) is 0 Å². The molecular formula is C18H28N2. The number of nitrogens with zero attached hydrogens (tertiary/aromatic N) is 1. The van der Waals surface area contributed by atoms with Crippen molar-refractivity contribution in [1.29, 1.82) is 0 Å². The second-order valence-corrected chi connectivity index (χ2v) is 7.37. The first-order chi connectivity index (χ1) is 9.52. The zero-order valence-electron chi connectivity index (χ0n) is 13.2. The maximum Gasteiger partial charge on any atom is 0.0367 e. The smallest absolute Gasteiger partial charge is 0.0367 e. The minimum atomic E-state index is 0.200. The molecular weight excluding hydrogens is 244 g/mol. The SMILES string of the molecule is CCc1ccc(N2CC(C)(C)NC3(CCCC3)C2)cc1. The molecule has 1 heterocycles.